The van der Waals surface area contributed by atoms with Crippen molar-refractivity contribution >= 4 is 5.91 Å². The third kappa shape index (κ3) is 5.24. The lowest BCUT2D eigenvalue weighted by molar-refractivity contribution is -0.133. The number of rotatable bonds is 9. The van der Waals surface area contributed by atoms with Crippen molar-refractivity contribution < 1.29 is 9.53 Å². The Labute approximate surface area is 129 Å². The number of carbonyl (C=O) groups is 1. The van der Waals surface area contributed by atoms with E-state index >= 15 is 0 Å². The van der Waals surface area contributed by atoms with Gasteiger partial charge in [-0.15, -0.1) is 0 Å². The molecule has 1 aliphatic heterocycles. The first-order valence-electron chi connectivity index (χ1n) is 8.49. The summed E-state index contributed by atoms with van der Waals surface area (Å²) in [4.78, 5) is 16.9. The minimum atomic E-state index is 0.323. The Bertz CT molecular complexity index is 321. The molecule has 2 fully saturated rings. The summed E-state index contributed by atoms with van der Waals surface area (Å²) >= 11 is 0. The van der Waals surface area contributed by atoms with Gasteiger partial charge < -0.3 is 15.0 Å². The van der Waals surface area contributed by atoms with E-state index in [9.17, 15) is 4.79 Å². The summed E-state index contributed by atoms with van der Waals surface area (Å²) in [7, 11) is 1.73. The number of ether oxygens (including phenoxy) is 1. The zero-order valence-electron chi connectivity index (χ0n) is 13.6. The van der Waals surface area contributed by atoms with Gasteiger partial charge in [-0.05, 0) is 39.2 Å². The number of likely N-dealkylation sites (N-methyl/N-ethyl adjacent to an activating group) is 1. The fourth-order valence-corrected chi connectivity index (χ4v) is 3.23. The van der Waals surface area contributed by atoms with Gasteiger partial charge in [-0.3, -0.25) is 9.69 Å². The Hall–Kier alpha value is -0.650. The van der Waals surface area contributed by atoms with Crippen molar-refractivity contribution in [3.8, 4) is 0 Å². The first-order chi connectivity index (χ1) is 10.3. The summed E-state index contributed by atoms with van der Waals surface area (Å²) in [5, 5.41) is 3.45. The van der Waals surface area contributed by atoms with Crippen LogP contribution in [-0.4, -0.2) is 74.2 Å². The predicted molar refractivity (Wildman–Crippen MR) is 84.4 cm³/mol. The summed E-state index contributed by atoms with van der Waals surface area (Å²) < 4.78 is 5.07. The molecule has 0 aromatic heterocycles. The maximum atomic E-state index is 12.5. The molecule has 1 aliphatic carbocycles. The third-order valence-electron chi connectivity index (χ3n) is 4.60. The summed E-state index contributed by atoms with van der Waals surface area (Å²) in [5.41, 5.74) is 0. The van der Waals surface area contributed by atoms with Gasteiger partial charge in [0.25, 0.3) is 0 Å². The van der Waals surface area contributed by atoms with E-state index in [-0.39, 0.29) is 0 Å². The van der Waals surface area contributed by atoms with Crippen molar-refractivity contribution in [1.29, 1.82) is 0 Å². The lowest BCUT2D eigenvalue weighted by Crippen LogP contribution is -2.50. The Morgan fingerprint density at radius 1 is 1.33 bits per heavy atom. The number of hydrogen-bond donors (Lipinski definition) is 1. The normalized spacial score (nSPS) is 23.2. The van der Waals surface area contributed by atoms with Crippen LogP contribution in [0.4, 0.5) is 0 Å². The van der Waals surface area contributed by atoms with Crippen molar-refractivity contribution in [2.45, 2.75) is 51.1 Å². The highest BCUT2D eigenvalue weighted by Gasteiger charge is 2.33. The van der Waals surface area contributed by atoms with Crippen LogP contribution < -0.4 is 5.32 Å². The Morgan fingerprint density at radius 2 is 2.14 bits per heavy atom. The molecule has 1 unspecified atom stereocenters. The van der Waals surface area contributed by atoms with Crippen LogP contribution in [0.15, 0.2) is 0 Å². The summed E-state index contributed by atoms with van der Waals surface area (Å²) in [5.74, 6) is 0.323. The molecule has 0 spiro atoms. The lowest BCUT2D eigenvalue weighted by atomic mass is 10.0. The number of nitrogens with zero attached hydrogens (tertiary/aromatic N) is 2. The first-order valence-corrected chi connectivity index (χ1v) is 8.49. The van der Waals surface area contributed by atoms with Gasteiger partial charge in [-0.1, -0.05) is 6.42 Å². The van der Waals surface area contributed by atoms with E-state index in [1.54, 1.807) is 7.11 Å². The average molecular weight is 297 g/mol. The standard InChI is InChI=1S/C16H31N3O2/c1-3-19(14-7-8-14)16(20)13-18-10-5-4-6-15(18)12-17-9-11-21-2/h14-15,17H,3-13H2,1-2H3. The van der Waals surface area contributed by atoms with E-state index in [0.717, 1.165) is 32.8 Å². The van der Waals surface area contributed by atoms with Gasteiger partial charge in [-0.25, -0.2) is 0 Å². The number of hydrogen-bond acceptors (Lipinski definition) is 4. The second kappa shape index (κ2) is 8.71. The van der Waals surface area contributed by atoms with Crippen LogP contribution in [0, 0.1) is 0 Å². The first kappa shape index (κ1) is 16.7. The Balaban J connectivity index is 1.78. The molecule has 0 aromatic rings. The molecule has 1 amide bonds. The van der Waals surface area contributed by atoms with E-state index < -0.39 is 0 Å². The molecule has 1 atom stereocenters. The molecule has 21 heavy (non-hydrogen) atoms. The zero-order chi connectivity index (χ0) is 15.1. The number of piperidine rings is 1. The van der Waals surface area contributed by atoms with E-state index in [0.29, 0.717) is 24.5 Å². The Kier molecular flexibility index (Phi) is 6.93. The van der Waals surface area contributed by atoms with Crippen molar-refractivity contribution in [3.63, 3.8) is 0 Å². The van der Waals surface area contributed by atoms with Crippen LogP contribution in [0.1, 0.15) is 39.0 Å². The van der Waals surface area contributed by atoms with Gasteiger partial charge in [0.05, 0.1) is 13.2 Å². The molecule has 0 bridgehead atoms. The van der Waals surface area contributed by atoms with E-state index in [4.69, 9.17) is 4.74 Å². The van der Waals surface area contributed by atoms with Crippen LogP contribution in [0.25, 0.3) is 0 Å². The van der Waals surface area contributed by atoms with E-state index in [2.05, 4.69) is 22.0 Å². The van der Waals surface area contributed by atoms with Gasteiger partial charge in [-0.2, -0.15) is 0 Å². The molecular formula is C16H31N3O2. The van der Waals surface area contributed by atoms with Gasteiger partial charge in [0, 0.05) is 38.8 Å². The number of likely N-dealkylation sites (tertiary alicyclic amines) is 1. The van der Waals surface area contributed by atoms with E-state index in [1.807, 2.05) is 0 Å². The second-order valence-corrected chi connectivity index (χ2v) is 6.23. The molecule has 1 heterocycles. The molecule has 1 N–H and O–H groups in total. The van der Waals surface area contributed by atoms with Crippen LogP contribution >= 0.6 is 0 Å². The van der Waals surface area contributed by atoms with E-state index in [1.165, 1.54) is 32.1 Å². The second-order valence-electron chi connectivity index (χ2n) is 6.23. The summed E-state index contributed by atoms with van der Waals surface area (Å²) in [6.07, 6.45) is 6.09. The molecular weight excluding hydrogens is 266 g/mol. The SMILES string of the molecule is CCN(C(=O)CN1CCCCC1CNCCOC)C1CC1. The summed E-state index contributed by atoms with van der Waals surface area (Å²) in [6, 6.07) is 1.03. The Morgan fingerprint density at radius 3 is 2.81 bits per heavy atom. The minimum absolute atomic E-state index is 0.323. The van der Waals surface area contributed by atoms with Crippen molar-refractivity contribution in [2.24, 2.45) is 0 Å². The smallest absolute Gasteiger partial charge is 0.236 e. The number of amides is 1. The highest BCUT2D eigenvalue weighted by molar-refractivity contribution is 5.79. The van der Waals surface area contributed by atoms with Crippen LogP contribution in [-0.2, 0) is 9.53 Å². The van der Waals surface area contributed by atoms with Crippen LogP contribution in [0.2, 0.25) is 0 Å². The lowest BCUT2D eigenvalue weighted by Gasteiger charge is -2.36. The number of methoxy groups -OCH3 is 1. The molecule has 0 aromatic carbocycles. The molecule has 122 valence electrons. The molecule has 5 nitrogen and oxygen atoms in total. The zero-order valence-corrected chi connectivity index (χ0v) is 13.6. The predicted octanol–water partition coefficient (Wildman–Crippen LogP) is 1.09. The van der Waals surface area contributed by atoms with Crippen molar-refractivity contribution in [1.82, 2.24) is 15.1 Å². The maximum Gasteiger partial charge on any atom is 0.236 e. The molecule has 1 saturated carbocycles. The highest BCUT2D eigenvalue weighted by Crippen LogP contribution is 2.27. The molecule has 5 heteroatoms. The molecule has 2 aliphatic rings. The fourth-order valence-electron chi connectivity index (χ4n) is 3.23. The monoisotopic (exact) mass is 297 g/mol. The topological polar surface area (TPSA) is 44.8 Å². The van der Waals surface area contributed by atoms with Crippen molar-refractivity contribution in [3.05, 3.63) is 0 Å². The largest absolute Gasteiger partial charge is 0.383 e. The fraction of sp³-hybridized carbons (Fsp3) is 0.938. The molecule has 0 radical (unpaired) electrons. The highest BCUT2D eigenvalue weighted by atomic mass is 16.5. The number of nitrogens with one attached hydrogen (secondary N) is 1. The van der Waals surface area contributed by atoms with Gasteiger partial charge in [0.2, 0.25) is 5.91 Å². The van der Waals surface area contributed by atoms with Gasteiger partial charge in [0.1, 0.15) is 0 Å². The summed E-state index contributed by atoms with van der Waals surface area (Å²) in [6.45, 7) is 7.21. The third-order valence-corrected chi connectivity index (χ3v) is 4.60. The quantitative estimate of drug-likeness (QED) is 0.647. The number of carbonyl (C=O) groups excluding carboxylic acids is 1. The minimum Gasteiger partial charge on any atom is -0.383 e. The van der Waals surface area contributed by atoms with Crippen LogP contribution in [0.3, 0.4) is 0 Å². The average Bonchev–Trinajstić information content (AvgIpc) is 3.31. The maximum absolute atomic E-state index is 12.5. The van der Waals surface area contributed by atoms with Crippen molar-refractivity contribution in [2.75, 3.05) is 46.4 Å². The van der Waals surface area contributed by atoms with Crippen LogP contribution in [0.5, 0.6) is 0 Å². The van der Waals surface area contributed by atoms with Gasteiger partial charge in [0.15, 0.2) is 0 Å². The molecule has 1 saturated heterocycles. The molecule has 2 rings (SSSR count). The van der Waals surface area contributed by atoms with Gasteiger partial charge >= 0.3 is 0 Å².